The quantitative estimate of drug-likeness (QED) is 0.242. The number of Topliss-reactive ketones (excluding diaryl/α,β-unsaturated/α-hetero) is 2. The molecule has 0 aliphatic carbocycles. The van der Waals surface area contributed by atoms with E-state index in [2.05, 4.69) is 12.6 Å². The van der Waals surface area contributed by atoms with Gasteiger partial charge in [0.05, 0.1) is 33.0 Å². The Kier molecular flexibility index (Phi) is 11.4. The summed E-state index contributed by atoms with van der Waals surface area (Å²) in [6.07, 6.45) is 1.70. The molecule has 0 aromatic heterocycles. The van der Waals surface area contributed by atoms with Gasteiger partial charge in [-0.05, 0) is 19.3 Å². The first-order valence-electron chi connectivity index (χ1n) is 8.74. The molecule has 7 heteroatoms. The molecule has 0 amide bonds. The molecular weight excluding hydrogens is 356 g/mol. The summed E-state index contributed by atoms with van der Waals surface area (Å²) in [5.74, 6) is -0.150. The van der Waals surface area contributed by atoms with Crippen LogP contribution in [0.15, 0.2) is 30.3 Å². The molecule has 0 fully saturated rings. The summed E-state index contributed by atoms with van der Waals surface area (Å²) >= 11 is 3.94. The predicted molar refractivity (Wildman–Crippen MR) is 102 cm³/mol. The van der Waals surface area contributed by atoms with E-state index >= 15 is 0 Å². The highest BCUT2D eigenvalue weighted by Crippen LogP contribution is 2.22. The van der Waals surface area contributed by atoms with Gasteiger partial charge in [-0.1, -0.05) is 30.3 Å². The normalized spacial score (nSPS) is 13.3. The average molecular weight is 384 g/mol. The molecule has 0 saturated carbocycles. The first-order valence-corrected chi connectivity index (χ1v) is 9.38. The highest BCUT2D eigenvalue weighted by molar-refractivity contribution is 7.81. The zero-order valence-corrected chi connectivity index (χ0v) is 15.8. The van der Waals surface area contributed by atoms with E-state index in [4.69, 9.17) is 14.6 Å². The van der Waals surface area contributed by atoms with Crippen LogP contribution >= 0.6 is 12.6 Å². The Hall–Kier alpha value is -1.25. The number of rotatable bonds is 15. The molecule has 146 valence electrons. The molecule has 0 heterocycles. The van der Waals surface area contributed by atoms with Crippen LogP contribution in [0, 0.1) is 0 Å². The zero-order valence-electron chi connectivity index (χ0n) is 14.9. The Labute approximate surface area is 159 Å². The highest BCUT2D eigenvalue weighted by Gasteiger charge is 2.36. The van der Waals surface area contributed by atoms with E-state index in [1.165, 1.54) is 0 Å². The van der Waals surface area contributed by atoms with Gasteiger partial charge in [0, 0.05) is 17.7 Å². The van der Waals surface area contributed by atoms with Crippen molar-refractivity contribution < 1.29 is 29.3 Å². The van der Waals surface area contributed by atoms with Crippen LogP contribution in [-0.4, -0.2) is 66.2 Å². The zero-order chi connectivity index (χ0) is 19.3. The highest BCUT2D eigenvalue weighted by atomic mass is 32.1. The molecule has 0 aliphatic heterocycles. The summed E-state index contributed by atoms with van der Waals surface area (Å²) in [5.41, 5.74) is -1.23. The maximum Gasteiger partial charge on any atom is 0.196 e. The lowest BCUT2D eigenvalue weighted by Gasteiger charge is -2.26. The summed E-state index contributed by atoms with van der Waals surface area (Å²) in [7, 11) is 0. The third kappa shape index (κ3) is 8.42. The van der Waals surface area contributed by atoms with Crippen LogP contribution in [-0.2, 0) is 14.3 Å². The maximum atomic E-state index is 12.7. The average Bonchev–Trinajstić information content (AvgIpc) is 2.67. The topological polar surface area (TPSA) is 93.1 Å². The van der Waals surface area contributed by atoms with Crippen molar-refractivity contribution >= 4 is 24.2 Å². The van der Waals surface area contributed by atoms with Crippen LogP contribution < -0.4 is 0 Å². The third-order valence-corrected chi connectivity index (χ3v) is 4.23. The molecule has 0 bridgehead atoms. The van der Waals surface area contributed by atoms with E-state index in [1.54, 1.807) is 30.3 Å². The van der Waals surface area contributed by atoms with Crippen molar-refractivity contribution in [2.75, 3.05) is 38.8 Å². The number of hydrogen-bond acceptors (Lipinski definition) is 7. The fourth-order valence-electron chi connectivity index (χ4n) is 2.45. The lowest BCUT2D eigenvalue weighted by molar-refractivity contribution is -0.116. The molecule has 0 spiro atoms. The van der Waals surface area contributed by atoms with Gasteiger partial charge in [-0.3, -0.25) is 9.59 Å². The van der Waals surface area contributed by atoms with Crippen LogP contribution in [0.1, 0.15) is 36.0 Å². The van der Waals surface area contributed by atoms with E-state index in [1.807, 2.05) is 0 Å². The van der Waals surface area contributed by atoms with Crippen molar-refractivity contribution in [3.63, 3.8) is 0 Å². The molecular formula is C19H28O6S. The largest absolute Gasteiger partial charge is 0.394 e. The predicted octanol–water partition coefficient (Wildman–Crippen LogP) is 1.69. The Morgan fingerprint density at radius 3 is 2.38 bits per heavy atom. The molecule has 2 N–H and O–H groups in total. The molecule has 1 unspecified atom stereocenters. The standard InChI is InChI=1S/C19H28O6S/c20-10-11-24-12-13-25-15-19(23,9-5-4-8-17(21)14-26)18(22)16-6-2-1-3-7-16/h1-3,6-7,20,23,26H,4-5,8-15H2. The van der Waals surface area contributed by atoms with Crippen molar-refractivity contribution in [2.24, 2.45) is 0 Å². The van der Waals surface area contributed by atoms with Gasteiger partial charge < -0.3 is 19.7 Å². The number of carbonyl (C=O) groups is 2. The van der Waals surface area contributed by atoms with Gasteiger partial charge in [0.15, 0.2) is 11.4 Å². The number of ether oxygens (including phenoxy) is 2. The molecule has 0 aliphatic rings. The third-order valence-electron chi connectivity index (χ3n) is 3.88. The van der Waals surface area contributed by atoms with Crippen molar-refractivity contribution in [3.05, 3.63) is 35.9 Å². The Balaban J connectivity index is 2.61. The number of thiol groups is 1. The fourth-order valence-corrected chi connectivity index (χ4v) is 2.61. The van der Waals surface area contributed by atoms with Gasteiger partial charge in [0.25, 0.3) is 0 Å². The minimum atomic E-state index is -1.65. The number of ketones is 2. The molecule has 1 rings (SSSR count). The van der Waals surface area contributed by atoms with Crippen LogP contribution in [0.5, 0.6) is 0 Å². The molecule has 26 heavy (non-hydrogen) atoms. The fraction of sp³-hybridized carbons (Fsp3) is 0.579. The molecule has 6 nitrogen and oxygen atoms in total. The smallest absolute Gasteiger partial charge is 0.196 e. The van der Waals surface area contributed by atoms with Crippen LogP contribution in [0.2, 0.25) is 0 Å². The first kappa shape index (κ1) is 22.8. The number of hydrogen-bond donors (Lipinski definition) is 3. The summed E-state index contributed by atoms with van der Waals surface area (Å²) in [4.78, 5) is 24.1. The molecule has 1 aromatic rings. The minimum absolute atomic E-state index is 0.0449. The Morgan fingerprint density at radius 1 is 1.04 bits per heavy atom. The lowest BCUT2D eigenvalue weighted by Crippen LogP contribution is -2.43. The van der Waals surface area contributed by atoms with E-state index in [9.17, 15) is 14.7 Å². The molecule has 1 aromatic carbocycles. The summed E-state index contributed by atoms with van der Waals surface area (Å²) in [6, 6.07) is 8.59. The van der Waals surface area contributed by atoms with Crippen LogP contribution in [0.25, 0.3) is 0 Å². The number of unbranched alkanes of at least 4 members (excludes halogenated alkanes) is 1. The van der Waals surface area contributed by atoms with Crippen molar-refractivity contribution in [1.29, 1.82) is 0 Å². The maximum absolute atomic E-state index is 12.7. The van der Waals surface area contributed by atoms with Gasteiger partial charge in [-0.15, -0.1) is 0 Å². The van der Waals surface area contributed by atoms with Gasteiger partial charge in [0.2, 0.25) is 0 Å². The number of aliphatic hydroxyl groups is 2. The molecule has 0 radical (unpaired) electrons. The molecule has 0 saturated heterocycles. The Morgan fingerprint density at radius 2 is 1.73 bits per heavy atom. The van der Waals surface area contributed by atoms with E-state index in [-0.39, 0.29) is 51.0 Å². The second-order valence-electron chi connectivity index (χ2n) is 6.02. The summed E-state index contributed by atoms with van der Waals surface area (Å²) in [6.45, 7) is 0.482. The number of benzene rings is 1. The van der Waals surface area contributed by atoms with E-state index in [0.717, 1.165) is 0 Å². The number of carbonyl (C=O) groups excluding carboxylic acids is 2. The van der Waals surface area contributed by atoms with Crippen LogP contribution in [0.3, 0.4) is 0 Å². The van der Waals surface area contributed by atoms with E-state index < -0.39 is 11.4 Å². The number of aliphatic hydroxyl groups excluding tert-OH is 1. The van der Waals surface area contributed by atoms with Crippen molar-refractivity contribution in [2.45, 2.75) is 31.3 Å². The summed E-state index contributed by atoms with van der Waals surface area (Å²) < 4.78 is 10.5. The lowest BCUT2D eigenvalue weighted by atomic mass is 9.88. The van der Waals surface area contributed by atoms with Gasteiger partial charge in [-0.2, -0.15) is 12.6 Å². The monoisotopic (exact) mass is 384 g/mol. The van der Waals surface area contributed by atoms with E-state index in [0.29, 0.717) is 24.8 Å². The summed E-state index contributed by atoms with van der Waals surface area (Å²) in [5, 5.41) is 19.6. The van der Waals surface area contributed by atoms with Gasteiger partial charge >= 0.3 is 0 Å². The van der Waals surface area contributed by atoms with Crippen molar-refractivity contribution in [1.82, 2.24) is 0 Å². The first-order chi connectivity index (χ1) is 12.5. The van der Waals surface area contributed by atoms with Crippen LogP contribution in [0.4, 0.5) is 0 Å². The molecule has 1 atom stereocenters. The second-order valence-corrected chi connectivity index (χ2v) is 6.34. The second kappa shape index (κ2) is 13.0. The van der Waals surface area contributed by atoms with Crippen molar-refractivity contribution in [3.8, 4) is 0 Å². The van der Waals surface area contributed by atoms with Gasteiger partial charge in [-0.25, -0.2) is 0 Å². The minimum Gasteiger partial charge on any atom is -0.394 e. The Bertz CT molecular complexity index is 536. The SMILES string of the molecule is O=C(CS)CCCCC(O)(COCCOCCO)C(=O)c1ccccc1. The van der Waals surface area contributed by atoms with Gasteiger partial charge in [0.1, 0.15) is 5.78 Å².